The van der Waals surface area contributed by atoms with Crippen molar-refractivity contribution < 1.29 is 4.79 Å². The molecule has 0 bridgehead atoms. The Balaban J connectivity index is 1.84. The molecule has 0 radical (unpaired) electrons. The van der Waals surface area contributed by atoms with E-state index in [0.717, 1.165) is 17.0 Å². The highest BCUT2D eigenvalue weighted by Gasteiger charge is 2.17. The van der Waals surface area contributed by atoms with Crippen LogP contribution < -0.4 is 0 Å². The summed E-state index contributed by atoms with van der Waals surface area (Å²) in [5, 5.41) is 8.41. The van der Waals surface area contributed by atoms with Crippen LogP contribution in [0.1, 0.15) is 27.3 Å². The molecule has 0 atom stereocenters. The normalized spacial score (nSPS) is 11.1. The van der Waals surface area contributed by atoms with E-state index in [1.165, 1.54) is 6.33 Å². The molecule has 0 spiro atoms. The maximum absolute atomic E-state index is 12.6. The first-order chi connectivity index (χ1) is 10.5. The molecule has 0 aliphatic carbocycles. The molecule has 7 nitrogen and oxygen atoms in total. The van der Waals surface area contributed by atoms with Gasteiger partial charge in [0, 0.05) is 43.7 Å². The average Bonchev–Trinajstić information content (AvgIpc) is 3.05. The number of hydrogen-bond donors (Lipinski definition) is 0. The second kappa shape index (κ2) is 5.25. The Labute approximate surface area is 128 Å². The fourth-order valence-corrected chi connectivity index (χ4v) is 2.52. The Bertz CT molecular complexity index is 847. The number of hydrogen-bond acceptors (Lipinski definition) is 4. The van der Waals surface area contributed by atoms with Crippen LogP contribution >= 0.6 is 0 Å². The SMILES string of the molecule is Cc1nn(C)c(C)c1CN(C)C(=O)c1ccn2ncnc2c1. The summed E-state index contributed by atoms with van der Waals surface area (Å²) in [7, 11) is 3.70. The summed E-state index contributed by atoms with van der Waals surface area (Å²) in [6, 6.07) is 3.50. The van der Waals surface area contributed by atoms with Crippen LogP contribution in [0.25, 0.3) is 5.65 Å². The Morgan fingerprint density at radius 2 is 2.14 bits per heavy atom. The number of aryl methyl sites for hydroxylation is 2. The minimum absolute atomic E-state index is 0.0480. The van der Waals surface area contributed by atoms with E-state index in [1.54, 1.807) is 34.8 Å². The molecule has 22 heavy (non-hydrogen) atoms. The van der Waals surface area contributed by atoms with E-state index in [9.17, 15) is 4.79 Å². The largest absolute Gasteiger partial charge is 0.337 e. The Kier molecular flexibility index (Phi) is 3.40. The lowest BCUT2D eigenvalue weighted by molar-refractivity contribution is 0.0784. The summed E-state index contributed by atoms with van der Waals surface area (Å²) in [6.07, 6.45) is 3.21. The number of pyridine rings is 1. The van der Waals surface area contributed by atoms with Crippen molar-refractivity contribution in [1.29, 1.82) is 0 Å². The van der Waals surface area contributed by atoms with Gasteiger partial charge in [-0.2, -0.15) is 10.2 Å². The predicted octanol–water partition coefficient (Wildman–Crippen LogP) is 1.35. The fourth-order valence-electron chi connectivity index (χ4n) is 2.52. The summed E-state index contributed by atoms with van der Waals surface area (Å²) in [5.74, 6) is -0.0480. The zero-order chi connectivity index (χ0) is 15.9. The van der Waals surface area contributed by atoms with E-state index in [0.29, 0.717) is 17.8 Å². The number of nitrogens with zero attached hydrogens (tertiary/aromatic N) is 6. The van der Waals surface area contributed by atoms with Gasteiger partial charge < -0.3 is 4.90 Å². The van der Waals surface area contributed by atoms with Crippen LogP contribution in [-0.2, 0) is 13.6 Å². The van der Waals surface area contributed by atoms with Crippen LogP contribution in [0.4, 0.5) is 0 Å². The molecule has 7 heteroatoms. The quantitative estimate of drug-likeness (QED) is 0.732. The van der Waals surface area contributed by atoms with E-state index in [-0.39, 0.29) is 5.91 Å². The van der Waals surface area contributed by atoms with Crippen molar-refractivity contribution in [1.82, 2.24) is 29.3 Å². The van der Waals surface area contributed by atoms with Gasteiger partial charge in [0.15, 0.2) is 5.65 Å². The Hall–Kier alpha value is -2.70. The lowest BCUT2D eigenvalue weighted by Gasteiger charge is -2.17. The molecule has 1 amide bonds. The van der Waals surface area contributed by atoms with Gasteiger partial charge in [0.2, 0.25) is 0 Å². The first-order valence-corrected chi connectivity index (χ1v) is 7.01. The van der Waals surface area contributed by atoms with Crippen LogP contribution in [0.2, 0.25) is 0 Å². The minimum atomic E-state index is -0.0480. The molecule has 0 N–H and O–H groups in total. The predicted molar refractivity (Wildman–Crippen MR) is 81.5 cm³/mol. The Morgan fingerprint density at radius 1 is 1.36 bits per heavy atom. The van der Waals surface area contributed by atoms with E-state index in [4.69, 9.17) is 0 Å². The lowest BCUT2D eigenvalue weighted by Crippen LogP contribution is -2.26. The molecule has 0 aliphatic heterocycles. The van der Waals surface area contributed by atoms with Gasteiger partial charge in [0.25, 0.3) is 5.91 Å². The molecule has 114 valence electrons. The number of amides is 1. The highest BCUT2D eigenvalue weighted by Crippen LogP contribution is 2.16. The first kappa shape index (κ1) is 14.2. The van der Waals surface area contributed by atoms with Gasteiger partial charge in [-0.1, -0.05) is 0 Å². The lowest BCUT2D eigenvalue weighted by atomic mass is 10.1. The molecule has 3 rings (SSSR count). The highest BCUT2D eigenvalue weighted by molar-refractivity contribution is 5.94. The number of aromatic nitrogens is 5. The topological polar surface area (TPSA) is 68.3 Å². The third-order valence-corrected chi connectivity index (χ3v) is 3.93. The number of rotatable bonds is 3. The van der Waals surface area contributed by atoms with Crippen molar-refractivity contribution in [3.05, 3.63) is 47.2 Å². The molecular weight excluding hydrogens is 280 g/mol. The molecule has 0 saturated carbocycles. The van der Waals surface area contributed by atoms with Gasteiger partial charge in [-0.05, 0) is 26.0 Å². The molecule has 0 unspecified atom stereocenters. The minimum Gasteiger partial charge on any atom is -0.337 e. The second-order valence-electron chi connectivity index (χ2n) is 5.41. The zero-order valence-electron chi connectivity index (χ0n) is 13.1. The van der Waals surface area contributed by atoms with Crippen LogP contribution in [0.15, 0.2) is 24.7 Å². The van der Waals surface area contributed by atoms with Crippen molar-refractivity contribution in [2.75, 3.05) is 7.05 Å². The molecule has 0 saturated heterocycles. The molecule has 0 fully saturated rings. The summed E-state index contributed by atoms with van der Waals surface area (Å²) >= 11 is 0. The summed E-state index contributed by atoms with van der Waals surface area (Å²) in [4.78, 5) is 18.4. The maximum Gasteiger partial charge on any atom is 0.254 e. The van der Waals surface area contributed by atoms with Gasteiger partial charge in [-0.25, -0.2) is 9.50 Å². The summed E-state index contributed by atoms with van der Waals surface area (Å²) in [6.45, 7) is 4.50. The van der Waals surface area contributed by atoms with Crippen molar-refractivity contribution in [2.24, 2.45) is 7.05 Å². The summed E-state index contributed by atoms with van der Waals surface area (Å²) < 4.78 is 3.47. The average molecular weight is 298 g/mol. The zero-order valence-corrected chi connectivity index (χ0v) is 13.1. The van der Waals surface area contributed by atoms with E-state index < -0.39 is 0 Å². The van der Waals surface area contributed by atoms with Gasteiger partial charge in [-0.15, -0.1) is 0 Å². The monoisotopic (exact) mass is 298 g/mol. The second-order valence-corrected chi connectivity index (χ2v) is 5.41. The van der Waals surface area contributed by atoms with Crippen LogP contribution in [0, 0.1) is 13.8 Å². The third kappa shape index (κ3) is 2.34. The van der Waals surface area contributed by atoms with Crippen LogP contribution in [0.5, 0.6) is 0 Å². The Morgan fingerprint density at radius 3 is 2.82 bits per heavy atom. The summed E-state index contributed by atoms with van der Waals surface area (Å²) in [5.41, 5.74) is 4.37. The van der Waals surface area contributed by atoms with E-state index in [2.05, 4.69) is 15.2 Å². The van der Waals surface area contributed by atoms with Gasteiger partial charge >= 0.3 is 0 Å². The number of fused-ring (bicyclic) bond motifs is 1. The van der Waals surface area contributed by atoms with Gasteiger partial charge in [-0.3, -0.25) is 9.48 Å². The van der Waals surface area contributed by atoms with E-state index in [1.807, 2.05) is 25.6 Å². The molecule has 3 aromatic rings. The van der Waals surface area contributed by atoms with E-state index >= 15 is 0 Å². The van der Waals surface area contributed by atoms with Gasteiger partial charge in [0.05, 0.1) is 5.69 Å². The highest BCUT2D eigenvalue weighted by atomic mass is 16.2. The number of carbonyl (C=O) groups is 1. The number of carbonyl (C=O) groups excluding carboxylic acids is 1. The standard InChI is InChI=1S/C15H18N6O/c1-10-13(11(2)20(4)18-10)8-19(3)15(22)12-5-6-21-14(7-12)16-9-17-21/h5-7,9H,8H2,1-4H3. The van der Waals surface area contributed by atoms with Crippen molar-refractivity contribution in [3.63, 3.8) is 0 Å². The van der Waals surface area contributed by atoms with Crippen molar-refractivity contribution in [3.8, 4) is 0 Å². The van der Waals surface area contributed by atoms with Crippen LogP contribution in [-0.4, -0.2) is 42.2 Å². The molecule has 0 aliphatic rings. The van der Waals surface area contributed by atoms with Crippen molar-refractivity contribution in [2.45, 2.75) is 20.4 Å². The van der Waals surface area contributed by atoms with Gasteiger partial charge in [0.1, 0.15) is 6.33 Å². The fraction of sp³-hybridized carbons (Fsp3) is 0.333. The first-order valence-electron chi connectivity index (χ1n) is 7.01. The smallest absolute Gasteiger partial charge is 0.254 e. The van der Waals surface area contributed by atoms with Crippen LogP contribution in [0.3, 0.4) is 0 Å². The molecule has 0 aromatic carbocycles. The molecule has 3 aromatic heterocycles. The molecule has 3 heterocycles. The van der Waals surface area contributed by atoms with Crippen molar-refractivity contribution >= 4 is 11.6 Å². The molecular formula is C15H18N6O. The maximum atomic E-state index is 12.6. The third-order valence-electron chi connectivity index (χ3n) is 3.93.